The Morgan fingerprint density at radius 3 is 2.68 bits per heavy atom. The zero-order chi connectivity index (χ0) is 18.1. The van der Waals surface area contributed by atoms with Crippen molar-refractivity contribution < 1.29 is 29.0 Å². The third-order valence-electron chi connectivity index (χ3n) is 4.36. The fourth-order valence-electron chi connectivity index (χ4n) is 2.93. The van der Waals surface area contributed by atoms with Crippen molar-refractivity contribution >= 4 is 23.7 Å². The molecule has 1 aromatic carbocycles. The van der Waals surface area contributed by atoms with Crippen molar-refractivity contribution in [3.63, 3.8) is 0 Å². The smallest absolute Gasteiger partial charge is 0.325 e. The topological polar surface area (TPSA) is 113 Å². The Balaban J connectivity index is 1.79. The molecule has 1 fully saturated rings. The van der Waals surface area contributed by atoms with Crippen LogP contribution in [0, 0.1) is 0 Å². The van der Waals surface area contributed by atoms with E-state index in [2.05, 4.69) is 5.32 Å². The van der Waals surface area contributed by atoms with E-state index in [4.69, 9.17) is 9.84 Å². The number of hydrogen-bond donors (Lipinski definition) is 2. The number of fused-ring (bicyclic) bond motifs is 1. The van der Waals surface area contributed by atoms with Crippen LogP contribution in [0.15, 0.2) is 18.2 Å². The molecule has 1 aromatic rings. The van der Waals surface area contributed by atoms with Crippen LogP contribution in [0.3, 0.4) is 0 Å². The quantitative estimate of drug-likeness (QED) is 0.758. The summed E-state index contributed by atoms with van der Waals surface area (Å²) in [5, 5.41) is 11.2. The van der Waals surface area contributed by atoms with Crippen LogP contribution in [-0.4, -0.2) is 59.0 Å². The zero-order valence-electron chi connectivity index (χ0n) is 13.7. The highest BCUT2D eigenvalue weighted by Crippen LogP contribution is 2.26. The Hall–Kier alpha value is -2.74. The molecule has 0 aliphatic carbocycles. The molecule has 2 heterocycles. The van der Waals surface area contributed by atoms with Gasteiger partial charge in [0.25, 0.3) is 17.7 Å². The van der Waals surface area contributed by atoms with E-state index in [0.717, 1.165) is 17.7 Å². The van der Waals surface area contributed by atoms with Crippen molar-refractivity contribution in [1.82, 2.24) is 10.2 Å². The minimum Gasteiger partial charge on any atom is -0.480 e. The molecule has 8 nitrogen and oxygen atoms in total. The summed E-state index contributed by atoms with van der Waals surface area (Å²) in [7, 11) is 0. The van der Waals surface area contributed by atoms with E-state index in [1.165, 1.54) is 25.1 Å². The molecule has 0 aromatic heterocycles. The lowest BCUT2D eigenvalue weighted by molar-refractivity contribution is -0.138. The van der Waals surface area contributed by atoms with Gasteiger partial charge in [0.2, 0.25) is 0 Å². The number of nitrogens with zero attached hydrogens (tertiary/aromatic N) is 1. The second-order valence-electron chi connectivity index (χ2n) is 6.15. The van der Waals surface area contributed by atoms with Gasteiger partial charge in [-0.25, -0.2) is 0 Å². The number of aliphatic carboxylic acids is 1. The van der Waals surface area contributed by atoms with Gasteiger partial charge in [-0.05, 0) is 38.0 Å². The number of ether oxygens (including phenoxy) is 1. The van der Waals surface area contributed by atoms with Crippen molar-refractivity contribution in [1.29, 1.82) is 0 Å². The minimum atomic E-state index is -1.16. The van der Waals surface area contributed by atoms with Gasteiger partial charge in [-0.2, -0.15) is 0 Å². The van der Waals surface area contributed by atoms with Gasteiger partial charge in [-0.3, -0.25) is 24.1 Å². The Kier molecular flexibility index (Phi) is 4.54. The number of carbonyl (C=O) groups excluding carboxylic acids is 3. The van der Waals surface area contributed by atoms with Gasteiger partial charge in [0.05, 0.1) is 23.8 Å². The molecule has 25 heavy (non-hydrogen) atoms. The summed E-state index contributed by atoms with van der Waals surface area (Å²) in [6, 6.07) is 3.10. The first-order chi connectivity index (χ1) is 11.9. The van der Waals surface area contributed by atoms with Gasteiger partial charge in [0.15, 0.2) is 0 Å². The van der Waals surface area contributed by atoms with Crippen LogP contribution in [0.25, 0.3) is 0 Å². The molecule has 3 amide bonds. The maximum atomic E-state index is 12.5. The monoisotopic (exact) mass is 346 g/mol. The predicted molar refractivity (Wildman–Crippen MR) is 85.3 cm³/mol. The van der Waals surface area contributed by atoms with Gasteiger partial charge in [0, 0.05) is 12.2 Å². The van der Waals surface area contributed by atoms with E-state index in [1.807, 2.05) is 0 Å². The third-order valence-corrected chi connectivity index (χ3v) is 4.36. The summed E-state index contributed by atoms with van der Waals surface area (Å²) in [6.07, 6.45) is 1.55. The number of hydrogen-bond acceptors (Lipinski definition) is 5. The number of nitrogens with one attached hydrogen (secondary N) is 1. The van der Waals surface area contributed by atoms with Crippen LogP contribution in [0.5, 0.6) is 0 Å². The molecule has 8 heteroatoms. The molecule has 2 aliphatic rings. The first-order valence-electron chi connectivity index (χ1n) is 8.04. The van der Waals surface area contributed by atoms with E-state index in [0.29, 0.717) is 6.61 Å². The van der Waals surface area contributed by atoms with Gasteiger partial charge in [0.1, 0.15) is 6.04 Å². The Labute approximate surface area is 143 Å². The Bertz CT molecular complexity index is 754. The molecular weight excluding hydrogens is 328 g/mol. The van der Waals surface area contributed by atoms with Crippen molar-refractivity contribution in [2.45, 2.75) is 31.9 Å². The minimum absolute atomic E-state index is 0.131. The summed E-state index contributed by atoms with van der Waals surface area (Å²) >= 11 is 0. The number of benzene rings is 1. The highest BCUT2D eigenvalue weighted by Gasteiger charge is 2.38. The van der Waals surface area contributed by atoms with Crippen LogP contribution >= 0.6 is 0 Å². The van der Waals surface area contributed by atoms with E-state index in [1.54, 1.807) is 0 Å². The van der Waals surface area contributed by atoms with Gasteiger partial charge in [-0.1, -0.05) is 0 Å². The molecule has 0 bridgehead atoms. The average molecular weight is 346 g/mol. The molecule has 2 aliphatic heterocycles. The summed E-state index contributed by atoms with van der Waals surface area (Å²) in [5.74, 6) is -2.64. The largest absolute Gasteiger partial charge is 0.480 e. The number of carboxylic acid groups (broad SMARTS) is 1. The second kappa shape index (κ2) is 6.64. The summed E-state index contributed by atoms with van der Waals surface area (Å²) in [4.78, 5) is 49.0. The SMILES string of the molecule is CC(NC(=O)c1ccc2c(c1)C(=O)N(CC1CCCO1)C2=O)C(=O)O. The lowest BCUT2D eigenvalue weighted by Crippen LogP contribution is -2.38. The number of carbonyl (C=O) groups is 4. The molecule has 132 valence electrons. The Morgan fingerprint density at radius 2 is 2.04 bits per heavy atom. The molecule has 2 atom stereocenters. The molecule has 2 N–H and O–H groups in total. The van der Waals surface area contributed by atoms with Gasteiger partial charge in [-0.15, -0.1) is 0 Å². The van der Waals surface area contributed by atoms with E-state index in [-0.39, 0.29) is 29.3 Å². The number of amides is 3. The van der Waals surface area contributed by atoms with Crippen molar-refractivity contribution in [3.8, 4) is 0 Å². The zero-order valence-corrected chi connectivity index (χ0v) is 13.7. The van der Waals surface area contributed by atoms with Crippen LogP contribution < -0.4 is 5.32 Å². The lowest BCUT2D eigenvalue weighted by Gasteiger charge is -2.17. The Morgan fingerprint density at radius 1 is 1.32 bits per heavy atom. The highest BCUT2D eigenvalue weighted by atomic mass is 16.5. The lowest BCUT2D eigenvalue weighted by atomic mass is 10.1. The highest BCUT2D eigenvalue weighted by molar-refractivity contribution is 6.22. The van der Waals surface area contributed by atoms with E-state index < -0.39 is 29.7 Å². The van der Waals surface area contributed by atoms with Crippen molar-refractivity contribution in [2.24, 2.45) is 0 Å². The van der Waals surface area contributed by atoms with Gasteiger partial charge < -0.3 is 15.2 Å². The number of rotatable bonds is 5. The number of carboxylic acids is 1. The first kappa shape index (κ1) is 17.1. The van der Waals surface area contributed by atoms with Crippen LogP contribution in [-0.2, 0) is 9.53 Å². The molecule has 2 unspecified atom stereocenters. The number of imide groups is 1. The third kappa shape index (κ3) is 3.25. The first-order valence-corrected chi connectivity index (χ1v) is 8.04. The molecule has 1 saturated heterocycles. The van der Waals surface area contributed by atoms with E-state index in [9.17, 15) is 19.2 Å². The second-order valence-corrected chi connectivity index (χ2v) is 6.15. The fourth-order valence-corrected chi connectivity index (χ4v) is 2.93. The molecular formula is C17H18N2O6. The maximum absolute atomic E-state index is 12.5. The van der Waals surface area contributed by atoms with Crippen LogP contribution in [0.2, 0.25) is 0 Å². The predicted octanol–water partition coefficient (Wildman–Crippen LogP) is 0.664. The molecule has 3 rings (SSSR count). The summed E-state index contributed by atoms with van der Waals surface area (Å²) in [5.41, 5.74) is 0.524. The molecule has 0 saturated carbocycles. The summed E-state index contributed by atoms with van der Waals surface area (Å²) < 4.78 is 5.47. The maximum Gasteiger partial charge on any atom is 0.325 e. The van der Waals surface area contributed by atoms with E-state index >= 15 is 0 Å². The van der Waals surface area contributed by atoms with Crippen molar-refractivity contribution in [2.75, 3.05) is 13.2 Å². The van der Waals surface area contributed by atoms with Crippen LogP contribution in [0.1, 0.15) is 50.8 Å². The van der Waals surface area contributed by atoms with Gasteiger partial charge >= 0.3 is 5.97 Å². The average Bonchev–Trinajstić information content (AvgIpc) is 3.17. The fraction of sp³-hybridized carbons (Fsp3) is 0.412. The molecule has 0 radical (unpaired) electrons. The standard InChI is InChI=1S/C17H18N2O6/c1-9(17(23)24)18-14(20)10-4-5-12-13(7-10)16(22)19(15(12)21)8-11-3-2-6-25-11/h4-5,7,9,11H,2-3,6,8H2,1H3,(H,18,20)(H,23,24). The van der Waals surface area contributed by atoms with Crippen LogP contribution in [0.4, 0.5) is 0 Å². The van der Waals surface area contributed by atoms with Crippen molar-refractivity contribution in [3.05, 3.63) is 34.9 Å². The molecule has 0 spiro atoms. The normalized spacial score (nSPS) is 20.5. The summed E-state index contributed by atoms with van der Waals surface area (Å²) in [6.45, 7) is 2.16.